The zero-order valence-electron chi connectivity index (χ0n) is 50.7. The second-order valence-electron chi connectivity index (χ2n) is 23.6. The van der Waals surface area contributed by atoms with Crippen molar-refractivity contribution in [1.29, 1.82) is 0 Å². The lowest BCUT2D eigenvalue weighted by Gasteiger charge is -2.43. The van der Waals surface area contributed by atoms with E-state index in [1.807, 2.05) is 42.6 Å². The van der Waals surface area contributed by atoms with E-state index in [0.717, 1.165) is 63.1 Å². The van der Waals surface area contributed by atoms with Crippen LogP contribution in [0.5, 0.6) is 11.5 Å². The van der Waals surface area contributed by atoms with Crippen molar-refractivity contribution in [3.05, 3.63) is 241 Å². The van der Waals surface area contributed by atoms with Crippen LogP contribution in [0.2, 0.25) is 0 Å². The molecule has 1 unspecified atom stereocenters. The van der Waals surface area contributed by atoms with Crippen molar-refractivity contribution in [3.63, 3.8) is 0 Å². The summed E-state index contributed by atoms with van der Waals surface area (Å²) in [4.78, 5) is 12.0. The number of fused-ring (bicyclic) bond motifs is 6. The van der Waals surface area contributed by atoms with Gasteiger partial charge in [-0.05, 0) is 131 Å². The topological polar surface area (TPSA) is 31.8 Å². The maximum absolute atomic E-state index is 9.34. The molecule has 4 heterocycles. The van der Waals surface area contributed by atoms with Gasteiger partial charge in [0.25, 0.3) is 0 Å². The molecule has 3 aliphatic heterocycles. The summed E-state index contributed by atoms with van der Waals surface area (Å²) in [5.41, 5.74) is 13.9. The van der Waals surface area contributed by atoms with Crippen LogP contribution in [0.3, 0.4) is 0 Å². The maximum Gasteiger partial charge on any atom is 0.185 e. The first-order chi connectivity index (χ1) is 39.8. The van der Waals surface area contributed by atoms with Gasteiger partial charge in [0.2, 0.25) is 0 Å². The molecule has 0 fully saturated rings. The molecule has 1 aromatic heterocycles. The lowest BCUT2D eigenvalue weighted by atomic mass is 9.78. The monoisotopic (exact) mass is 1040 g/mol. The Labute approximate surface area is 469 Å². The third kappa shape index (κ3) is 8.24. The average Bonchev–Trinajstić information content (AvgIpc) is 1.66. The Hall–Kier alpha value is -8.45. The van der Waals surface area contributed by atoms with Gasteiger partial charge in [-0.2, -0.15) is 0 Å². The normalized spacial score (nSPS) is 16.2. The summed E-state index contributed by atoms with van der Waals surface area (Å²) in [6.07, 6.45) is 2.89. The van der Waals surface area contributed by atoms with E-state index in [4.69, 9.17) is 13.8 Å². The highest BCUT2D eigenvalue weighted by Crippen LogP contribution is 2.52. The first kappa shape index (κ1) is 43.6. The second kappa shape index (κ2) is 18.9. The number of aromatic nitrogens is 1. The summed E-state index contributed by atoms with van der Waals surface area (Å²) in [6, 6.07) is 65.6. The van der Waals surface area contributed by atoms with Crippen LogP contribution in [-0.4, -0.2) is 19.7 Å². The number of para-hydroxylation sites is 4. The van der Waals surface area contributed by atoms with Gasteiger partial charge in [-0.25, -0.2) is 4.98 Å². The van der Waals surface area contributed by atoms with E-state index in [-0.39, 0.29) is 40.6 Å². The number of pyridine rings is 1. The lowest BCUT2D eigenvalue weighted by Crippen LogP contribution is -2.75. The van der Waals surface area contributed by atoms with Crippen molar-refractivity contribution in [1.82, 2.24) is 4.98 Å². The minimum Gasteiger partial charge on any atom is -0.457 e. The number of hydrogen-bond acceptors (Lipinski definition) is 5. The van der Waals surface area contributed by atoms with E-state index >= 15 is 0 Å². The van der Waals surface area contributed by atoms with E-state index < -0.39 is 14.1 Å². The molecular formula is C72H66N4OSi. The van der Waals surface area contributed by atoms with Crippen LogP contribution in [0.25, 0.3) is 33.4 Å². The molecule has 1 atom stereocenters. The van der Waals surface area contributed by atoms with Gasteiger partial charge in [0.05, 0.1) is 29.6 Å². The van der Waals surface area contributed by atoms with Crippen molar-refractivity contribution in [3.8, 4) is 44.9 Å². The SMILES string of the molecule is [2H]c1c([2H])c([2H])c(-c2cccc(-c3cc(C(C)(C)C)cc(C(C)(C)C)c3)c2N2CN(c3cccc(Oc4cc5c6c(c4)N(c4cc(CC(C)C)ccn4)c4ccccc4[Si]6(c4ccccc4)c4ccccc4-5)c3)c3ccccc32)c([2H])c1[2H]. The van der Waals surface area contributed by atoms with Crippen molar-refractivity contribution in [2.45, 2.75) is 72.6 Å². The molecule has 0 aliphatic carbocycles. The molecule has 0 saturated carbocycles. The van der Waals surface area contributed by atoms with Gasteiger partial charge in [0, 0.05) is 40.8 Å². The minimum absolute atomic E-state index is 0.156. The molecule has 0 spiro atoms. The van der Waals surface area contributed by atoms with Gasteiger partial charge in [-0.3, -0.25) is 4.90 Å². The Bertz CT molecular complexity index is 4190. The molecule has 0 N–H and O–H groups in total. The van der Waals surface area contributed by atoms with E-state index in [2.05, 4.69) is 222 Å². The Balaban J connectivity index is 0.963. The Morgan fingerprint density at radius 1 is 0.538 bits per heavy atom. The van der Waals surface area contributed by atoms with Crippen molar-refractivity contribution in [2.24, 2.45) is 5.92 Å². The predicted octanol–water partition coefficient (Wildman–Crippen LogP) is 16.4. The number of benzene rings is 9. The maximum atomic E-state index is 9.34. The van der Waals surface area contributed by atoms with Crippen LogP contribution in [0.15, 0.2) is 224 Å². The van der Waals surface area contributed by atoms with E-state index in [9.17, 15) is 2.74 Å². The van der Waals surface area contributed by atoms with Crippen molar-refractivity contribution in [2.75, 3.05) is 21.4 Å². The van der Waals surface area contributed by atoms with Crippen molar-refractivity contribution >= 4 is 68.8 Å². The Morgan fingerprint density at radius 3 is 1.88 bits per heavy atom. The van der Waals surface area contributed by atoms with E-state index in [1.54, 1.807) is 0 Å². The molecule has 5 nitrogen and oxygen atoms in total. The fraction of sp³-hybridized carbons (Fsp3) is 0.181. The van der Waals surface area contributed by atoms with Gasteiger partial charge in [0.15, 0.2) is 8.07 Å². The molecular weight excluding hydrogens is 965 g/mol. The second-order valence-corrected chi connectivity index (χ2v) is 27.2. The smallest absolute Gasteiger partial charge is 0.185 e. The molecule has 6 heteroatoms. The van der Waals surface area contributed by atoms with Crippen LogP contribution in [0.4, 0.5) is 39.9 Å². The molecule has 0 radical (unpaired) electrons. The molecule has 13 rings (SSSR count). The van der Waals surface area contributed by atoms with Crippen LogP contribution in [0, 0.1) is 5.92 Å². The Morgan fingerprint density at radius 2 is 1.17 bits per heavy atom. The summed E-state index contributed by atoms with van der Waals surface area (Å²) in [7, 11) is -2.90. The van der Waals surface area contributed by atoms with Gasteiger partial charge in [0.1, 0.15) is 24.0 Å². The molecule has 78 heavy (non-hydrogen) atoms. The summed E-state index contributed by atoms with van der Waals surface area (Å²) >= 11 is 0. The van der Waals surface area contributed by atoms with Gasteiger partial charge < -0.3 is 14.5 Å². The fourth-order valence-electron chi connectivity index (χ4n) is 12.4. The number of hydrogen-bond donors (Lipinski definition) is 0. The third-order valence-corrected chi connectivity index (χ3v) is 20.9. The Kier molecular flexibility index (Phi) is 10.6. The summed E-state index contributed by atoms with van der Waals surface area (Å²) in [6.45, 7) is 18.2. The zero-order valence-corrected chi connectivity index (χ0v) is 46.7. The van der Waals surface area contributed by atoms with Crippen LogP contribution < -0.4 is 40.2 Å². The molecule has 384 valence electrons. The quantitative estimate of drug-likeness (QED) is 0.127. The molecule has 0 bridgehead atoms. The van der Waals surface area contributed by atoms with Crippen LogP contribution in [0.1, 0.15) is 78.9 Å². The standard InChI is InChI=1S/C72H66N4OSi/c1-48(2)39-49-37-38-73-68(40-49)76-64-34-18-20-36-67(64)78(57-27-13-10-14-28-57)66-35-19-15-29-60(66)61-45-56(46-65(76)70(61)78)77-55-26-21-25-54(44-55)74-47-75(63-33-17-16-32-62(63)74)69-58(50-23-11-9-12-24-50)30-22-31-59(69)51-41-52(71(3,4)5)43-53(42-51)72(6,7)8/h9-38,40-46,48H,39,47H2,1-8H3/i9D,11D,12D,23D,24D. The van der Waals surface area contributed by atoms with Crippen LogP contribution >= 0.6 is 0 Å². The minimum atomic E-state index is -2.90. The third-order valence-electron chi connectivity index (χ3n) is 15.9. The van der Waals surface area contributed by atoms with Crippen molar-refractivity contribution < 1.29 is 11.6 Å². The van der Waals surface area contributed by atoms with Gasteiger partial charge >= 0.3 is 0 Å². The summed E-state index contributed by atoms with van der Waals surface area (Å²) in [5, 5.41) is 5.36. The number of ether oxygens (including phenoxy) is 1. The first-order valence-corrected chi connectivity index (χ1v) is 29.3. The zero-order chi connectivity index (χ0) is 57.9. The van der Waals surface area contributed by atoms with E-state index in [1.165, 1.54) is 43.0 Å². The van der Waals surface area contributed by atoms with Crippen LogP contribution in [-0.2, 0) is 17.3 Å². The molecule has 0 amide bonds. The largest absolute Gasteiger partial charge is 0.457 e. The molecule has 10 aromatic rings. The number of rotatable bonds is 10. The van der Waals surface area contributed by atoms with Gasteiger partial charge in [-0.1, -0.05) is 213 Å². The summed E-state index contributed by atoms with van der Waals surface area (Å²) in [5.74, 6) is 2.72. The molecule has 0 saturated heterocycles. The molecule has 9 aromatic carbocycles. The van der Waals surface area contributed by atoms with Gasteiger partial charge in [-0.15, -0.1) is 0 Å². The highest BCUT2D eigenvalue weighted by Gasteiger charge is 2.55. The molecule has 3 aliphatic rings. The lowest BCUT2D eigenvalue weighted by molar-refractivity contribution is 0.483. The highest BCUT2D eigenvalue weighted by molar-refractivity contribution is 7.23. The first-order valence-electron chi connectivity index (χ1n) is 29.8. The average molecular weight is 1040 g/mol. The fourth-order valence-corrected chi connectivity index (χ4v) is 17.9. The highest BCUT2D eigenvalue weighted by atomic mass is 28.3. The summed E-state index contributed by atoms with van der Waals surface area (Å²) < 4.78 is 52.2. The number of nitrogens with zero attached hydrogens (tertiary/aromatic N) is 4. The van der Waals surface area contributed by atoms with E-state index in [0.29, 0.717) is 29.6 Å². The number of anilines is 7. The predicted molar refractivity (Wildman–Crippen MR) is 330 cm³/mol.